The molecule has 0 spiro atoms. The van der Waals surface area contributed by atoms with Gasteiger partial charge in [0.1, 0.15) is 0 Å². The summed E-state index contributed by atoms with van der Waals surface area (Å²) in [5, 5.41) is 2.90. The Bertz CT molecular complexity index is 605. The first-order valence-electron chi connectivity index (χ1n) is 7.49. The lowest BCUT2D eigenvalue weighted by Crippen LogP contribution is -2.47. The number of carbonyl (C=O) groups is 2. The molecular formula is C17H22N2O3. The number of ether oxygens (including phenoxy) is 1. The molecule has 0 bridgehead atoms. The highest BCUT2D eigenvalue weighted by atomic mass is 16.5. The Morgan fingerprint density at radius 1 is 1.27 bits per heavy atom. The molecule has 1 heterocycles. The Morgan fingerprint density at radius 2 is 1.91 bits per heavy atom. The predicted molar refractivity (Wildman–Crippen MR) is 84.2 cm³/mol. The fourth-order valence-corrected chi connectivity index (χ4v) is 2.73. The molecule has 5 nitrogen and oxygen atoms in total. The van der Waals surface area contributed by atoms with Crippen molar-refractivity contribution < 1.29 is 14.3 Å². The van der Waals surface area contributed by atoms with E-state index in [1.807, 2.05) is 31.2 Å². The topological polar surface area (TPSA) is 58.6 Å². The number of benzene rings is 1. The van der Waals surface area contributed by atoms with Gasteiger partial charge in [0.2, 0.25) is 0 Å². The summed E-state index contributed by atoms with van der Waals surface area (Å²) in [6.07, 6.45) is 0.944. The monoisotopic (exact) mass is 302 g/mol. The van der Waals surface area contributed by atoms with E-state index in [1.54, 1.807) is 11.8 Å². The fourth-order valence-electron chi connectivity index (χ4n) is 2.73. The third-order valence-electron chi connectivity index (χ3n) is 4.04. The Labute approximate surface area is 130 Å². The third kappa shape index (κ3) is 2.84. The Kier molecular flexibility index (Phi) is 4.85. The highest BCUT2D eigenvalue weighted by Gasteiger charge is 2.35. The van der Waals surface area contributed by atoms with Gasteiger partial charge in [-0.05, 0) is 31.4 Å². The summed E-state index contributed by atoms with van der Waals surface area (Å²) in [6, 6.07) is 7.24. The van der Waals surface area contributed by atoms with Crippen LogP contribution in [0.4, 0.5) is 4.79 Å². The largest absolute Gasteiger partial charge is 0.466 e. The molecule has 2 rings (SSSR count). The fraction of sp³-hybridized carbons (Fsp3) is 0.412. The Morgan fingerprint density at radius 3 is 2.41 bits per heavy atom. The van der Waals surface area contributed by atoms with E-state index < -0.39 is 12.0 Å². The average Bonchev–Trinajstić information content (AvgIpc) is 2.54. The number of urea groups is 1. The number of rotatable bonds is 4. The molecule has 1 aliphatic rings. The molecule has 1 atom stereocenters. The van der Waals surface area contributed by atoms with Crippen molar-refractivity contribution in [2.75, 3.05) is 13.7 Å². The molecule has 1 aliphatic heterocycles. The number of carbonyl (C=O) groups excluding carboxylic acids is 2. The maximum absolute atomic E-state index is 12.2. The van der Waals surface area contributed by atoms with Crippen molar-refractivity contribution in [2.24, 2.45) is 0 Å². The van der Waals surface area contributed by atoms with Gasteiger partial charge in [0, 0.05) is 12.2 Å². The zero-order chi connectivity index (χ0) is 16.3. The maximum atomic E-state index is 12.2. The third-order valence-corrected chi connectivity index (χ3v) is 4.04. The van der Waals surface area contributed by atoms with Gasteiger partial charge in [-0.25, -0.2) is 9.59 Å². The van der Waals surface area contributed by atoms with Crippen molar-refractivity contribution in [3.63, 3.8) is 0 Å². The van der Waals surface area contributed by atoms with E-state index in [-0.39, 0.29) is 6.03 Å². The minimum Gasteiger partial charge on any atom is -0.466 e. The van der Waals surface area contributed by atoms with Crippen LogP contribution in [0, 0.1) is 0 Å². The summed E-state index contributed by atoms with van der Waals surface area (Å²) < 4.78 is 4.91. The second kappa shape index (κ2) is 6.64. The van der Waals surface area contributed by atoms with Gasteiger partial charge in [0.25, 0.3) is 0 Å². The summed E-state index contributed by atoms with van der Waals surface area (Å²) in [4.78, 5) is 26.0. The zero-order valence-corrected chi connectivity index (χ0v) is 13.5. The quantitative estimate of drug-likeness (QED) is 0.870. The lowest BCUT2D eigenvalue weighted by Gasteiger charge is -2.34. The molecule has 0 unspecified atom stereocenters. The van der Waals surface area contributed by atoms with Crippen molar-refractivity contribution in [2.45, 2.75) is 33.2 Å². The lowest BCUT2D eigenvalue weighted by molar-refractivity contribution is -0.136. The van der Waals surface area contributed by atoms with Gasteiger partial charge in [0.15, 0.2) is 0 Å². The van der Waals surface area contributed by atoms with Gasteiger partial charge in [0.05, 0.1) is 18.7 Å². The van der Waals surface area contributed by atoms with E-state index in [9.17, 15) is 9.59 Å². The molecule has 5 heteroatoms. The van der Waals surface area contributed by atoms with Gasteiger partial charge in [-0.3, -0.25) is 4.90 Å². The van der Waals surface area contributed by atoms with Crippen molar-refractivity contribution in [3.05, 3.63) is 46.7 Å². The standard InChI is InChI=1S/C17H22N2O3/c1-5-12-7-9-13(10-8-12)15-14(16(20)22-4)11(3)19(6-2)17(21)18-15/h7-10,15H,5-6H2,1-4H3,(H,18,21)/t15-/m0/s1. The molecule has 1 aromatic rings. The van der Waals surface area contributed by atoms with Gasteiger partial charge in [-0.2, -0.15) is 0 Å². The van der Waals surface area contributed by atoms with E-state index in [0.717, 1.165) is 12.0 Å². The molecule has 0 fully saturated rings. The van der Waals surface area contributed by atoms with Crippen LogP contribution in [0.25, 0.3) is 0 Å². The van der Waals surface area contributed by atoms with Crippen LogP contribution in [0.1, 0.15) is 37.9 Å². The normalized spacial score (nSPS) is 18.3. The second-order valence-corrected chi connectivity index (χ2v) is 5.21. The van der Waals surface area contributed by atoms with Crippen LogP contribution in [0.3, 0.4) is 0 Å². The van der Waals surface area contributed by atoms with Crippen LogP contribution in [0.15, 0.2) is 35.5 Å². The maximum Gasteiger partial charge on any atom is 0.337 e. The minimum absolute atomic E-state index is 0.197. The number of amides is 2. The van der Waals surface area contributed by atoms with Crippen LogP contribution in [-0.4, -0.2) is 30.6 Å². The summed E-state index contributed by atoms with van der Waals surface area (Å²) in [5.41, 5.74) is 3.21. The van der Waals surface area contributed by atoms with E-state index in [2.05, 4.69) is 12.2 Å². The molecular weight excluding hydrogens is 280 g/mol. The Hall–Kier alpha value is -2.30. The van der Waals surface area contributed by atoms with Gasteiger partial charge < -0.3 is 10.1 Å². The SMILES string of the molecule is CCc1ccc([C@@H]2NC(=O)N(CC)C(C)=C2C(=O)OC)cc1. The number of methoxy groups -OCH3 is 1. The number of esters is 1. The van der Waals surface area contributed by atoms with Gasteiger partial charge in [-0.15, -0.1) is 0 Å². The number of hydrogen-bond acceptors (Lipinski definition) is 3. The molecule has 1 N–H and O–H groups in total. The second-order valence-electron chi connectivity index (χ2n) is 5.21. The number of hydrogen-bond donors (Lipinski definition) is 1. The van der Waals surface area contributed by atoms with Crippen molar-refractivity contribution in [1.82, 2.24) is 10.2 Å². The van der Waals surface area contributed by atoms with E-state index in [0.29, 0.717) is 17.8 Å². The first kappa shape index (κ1) is 16.1. The Balaban J connectivity index is 2.49. The van der Waals surface area contributed by atoms with Crippen molar-refractivity contribution in [3.8, 4) is 0 Å². The lowest BCUT2D eigenvalue weighted by atomic mass is 9.94. The molecule has 0 aliphatic carbocycles. The van der Waals surface area contributed by atoms with E-state index >= 15 is 0 Å². The van der Waals surface area contributed by atoms with Crippen molar-refractivity contribution in [1.29, 1.82) is 0 Å². The van der Waals surface area contributed by atoms with Crippen LogP contribution in [0.5, 0.6) is 0 Å². The molecule has 2 amide bonds. The van der Waals surface area contributed by atoms with Crippen LogP contribution >= 0.6 is 0 Å². The van der Waals surface area contributed by atoms with E-state index in [4.69, 9.17) is 4.74 Å². The molecule has 1 aromatic carbocycles. The average molecular weight is 302 g/mol. The molecule has 0 saturated carbocycles. The summed E-state index contributed by atoms with van der Waals surface area (Å²) in [6.45, 7) is 6.23. The highest BCUT2D eigenvalue weighted by molar-refractivity contribution is 5.94. The van der Waals surface area contributed by atoms with Crippen LogP contribution < -0.4 is 5.32 Å². The zero-order valence-electron chi connectivity index (χ0n) is 13.5. The van der Waals surface area contributed by atoms with Crippen molar-refractivity contribution >= 4 is 12.0 Å². The molecule has 0 radical (unpaired) electrons. The smallest absolute Gasteiger partial charge is 0.337 e. The van der Waals surface area contributed by atoms with E-state index in [1.165, 1.54) is 12.7 Å². The van der Waals surface area contributed by atoms with Crippen LogP contribution in [-0.2, 0) is 16.0 Å². The van der Waals surface area contributed by atoms with Gasteiger partial charge in [-0.1, -0.05) is 31.2 Å². The van der Waals surface area contributed by atoms with Gasteiger partial charge >= 0.3 is 12.0 Å². The number of nitrogens with zero attached hydrogens (tertiary/aromatic N) is 1. The molecule has 0 saturated heterocycles. The predicted octanol–water partition coefficient (Wildman–Crippen LogP) is 2.78. The number of nitrogens with one attached hydrogen (secondary N) is 1. The summed E-state index contributed by atoms with van der Waals surface area (Å²) in [5.74, 6) is -0.416. The van der Waals surface area contributed by atoms with Crippen LogP contribution in [0.2, 0.25) is 0 Å². The first-order valence-corrected chi connectivity index (χ1v) is 7.49. The molecule has 118 valence electrons. The summed E-state index contributed by atoms with van der Waals surface area (Å²) in [7, 11) is 1.35. The highest BCUT2D eigenvalue weighted by Crippen LogP contribution is 2.31. The summed E-state index contributed by atoms with van der Waals surface area (Å²) >= 11 is 0. The number of aryl methyl sites for hydroxylation is 1. The molecule has 22 heavy (non-hydrogen) atoms. The first-order chi connectivity index (χ1) is 10.5. The minimum atomic E-state index is -0.478. The number of allylic oxidation sites excluding steroid dienone is 1. The molecule has 0 aromatic heterocycles.